The predicted octanol–water partition coefficient (Wildman–Crippen LogP) is 0.919. The van der Waals surface area contributed by atoms with Crippen LogP contribution < -0.4 is 0 Å². The van der Waals surface area contributed by atoms with Crippen molar-refractivity contribution in [1.82, 2.24) is 0 Å². The van der Waals surface area contributed by atoms with Crippen LogP contribution in [0.2, 0.25) is 0 Å². The molecule has 1 rings (SSSR count). The van der Waals surface area contributed by atoms with Gasteiger partial charge in [-0.1, -0.05) is 0 Å². The van der Waals surface area contributed by atoms with Gasteiger partial charge in [-0.25, -0.2) is 0 Å². The molecule has 0 amide bonds. The average molecular weight is 110 g/mol. The Morgan fingerprint density at radius 3 is 1.62 bits per heavy atom. The fourth-order valence-corrected chi connectivity index (χ4v) is 0.598. The minimum atomic E-state index is 0.297. The Morgan fingerprint density at radius 1 is 1.00 bits per heavy atom. The maximum Gasteiger partial charge on any atom is 0.0815 e. The Labute approximate surface area is 49.3 Å². The molecule has 2 nitrogen and oxygen atoms in total. The largest absolute Gasteiger partial charge is 0.287 e. The van der Waals surface area contributed by atoms with Crippen LogP contribution in [0.5, 0.6) is 0 Å². The fraction of sp³-hybridized carbons (Fsp3) is 0.667. The van der Waals surface area contributed by atoms with E-state index in [1.54, 1.807) is 0 Å². The Morgan fingerprint density at radius 2 is 1.38 bits per heavy atom. The molecule has 0 aromatic carbocycles. The molecule has 0 aromatic rings. The lowest BCUT2D eigenvalue weighted by molar-refractivity contribution is 0.895. The van der Waals surface area contributed by atoms with Gasteiger partial charge in [0.2, 0.25) is 0 Å². The zero-order valence-corrected chi connectivity index (χ0v) is 5.20. The van der Waals surface area contributed by atoms with E-state index in [2.05, 4.69) is 9.98 Å². The Kier molecular flexibility index (Phi) is 1.42. The van der Waals surface area contributed by atoms with Gasteiger partial charge in [-0.2, -0.15) is 0 Å². The fourth-order valence-electron chi connectivity index (χ4n) is 0.598. The molecule has 1 aliphatic rings. The third kappa shape index (κ3) is 1.15. The first kappa shape index (κ1) is 5.48. The summed E-state index contributed by atoms with van der Waals surface area (Å²) >= 11 is 0. The molecule has 0 radical (unpaired) electrons. The van der Waals surface area contributed by atoms with Gasteiger partial charge in [0.25, 0.3) is 0 Å². The van der Waals surface area contributed by atoms with Crippen molar-refractivity contribution in [3.05, 3.63) is 0 Å². The summed E-state index contributed by atoms with van der Waals surface area (Å²) in [5.41, 5.74) is 0. The van der Waals surface area contributed by atoms with Gasteiger partial charge < -0.3 is 0 Å². The molecule has 8 heavy (non-hydrogen) atoms. The first-order valence-corrected chi connectivity index (χ1v) is 2.85. The maximum absolute atomic E-state index is 4.14. The molecule has 2 atom stereocenters. The monoisotopic (exact) mass is 110 g/mol. The van der Waals surface area contributed by atoms with Gasteiger partial charge in [0.1, 0.15) is 0 Å². The molecule has 1 aliphatic heterocycles. The highest BCUT2D eigenvalue weighted by Crippen LogP contribution is 1.94. The van der Waals surface area contributed by atoms with E-state index in [1.165, 1.54) is 0 Å². The van der Waals surface area contributed by atoms with Crippen LogP contribution >= 0.6 is 0 Å². The lowest BCUT2D eigenvalue weighted by Gasteiger charge is -2.06. The third-order valence-electron chi connectivity index (χ3n) is 1.07. The first-order valence-electron chi connectivity index (χ1n) is 2.85. The van der Waals surface area contributed by atoms with Crippen molar-refractivity contribution in [3.8, 4) is 0 Å². The second-order valence-corrected chi connectivity index (χ2v) is 2.08. The molecule has 2 heteroatoms. The topological polar surface area (TPSA) is 24.7 Å². The van der Waals surface area contributed by atoms with E-state index < -0.39 is 0 Å². The van der Waals surface area contributed by atoms with E-state index in [-0.39, 0.29) is 0 Å². The minimum absolute atomic E-state index is 0.297. The molecule has 1 heterocycles. The zero-order chi connectivity index (χ0) is 5.98. The van der Waals surface area contributed by atoms with Crippen LogP contribution in [0.4, 0.5) is 0 Å². The zero-order valence-electron chi connectivity index (χ0n) is 5.20. The van der Waals surface area contributed by atoms with Crippen molar-refractivity contribution >= 4 is 12.4 Å². The lowest BCUT2D eigenvalue weighted by Crippen LogP contribution is -2.12. The van der Waals surface area contributed by atoms with Gasteiger partial charge in [0, 0.05) is 12.4 Å². The summed E-state index contributed by atoms with van der Waals surface area (Å²) < 4.78 is 0. The van der Waals surface area contributed by atoms with E-state index >= 15 is 0 Å². The second kappa shape index (κ2) is 2.07. The van der Waals surface area contributed by atoms with Crippen molar-refractivity contribution in [2.75, 3.05) is 0 Å². The molecule has 0 N–H and O–H groups in total. The van der Waals surface area contributed by atoms with Gasteiger partial charge in [-0.3, -0.25) is 9.98 Å². The highest BCUT2D eigenvalue weighted by molar-refractivity contribution is 5.77. The number of rotatable bonds is 0. The molecule has 0 spiro atoms. The summed E-state index contributed by atoms with van der Waals surface area (Å²) in [5.74, 6) is 0. The summed E-state index contributed by atoms with van der Waals surface area (Å²) in [6.07, 6.45) is 3.76. The molecular formula is C6H10N2. The van der Waals surface area contributed by atoms with Crippen LogP contribution in [0.25, 0.3) is 0 Å². The summed E-state index contributed by atoms with van der Waals surface area (Å²) in [7, 11) is 0. The van der Waals surface area contributed by atoms with E-state index in [4.69, 9.17) is 0 Å². The molecule has 44 valence electrons. The van der Waals surface area contributed by atoms with Gasteiger partial charge in [-0.05, 0) is 13.8 Å². The van der Waals surface area contributed by atoms with Crippen LogP contribution in [0.15, 0.2) is 9.98 Å². The van der Waals surface area contributed by atoms with E-state index in [0.29, 0.717) is 12.1 Å². The molecule has 0 aromatic heterocycles. The molecular weight excluding hydrogens is 100 g/mol. The van der Waals surface area contributed by atoms with Gasteiger partial charge >= 0.3 is 0 Å². The number of hydrogen-bond donors (Lipinski definition) is 0. The maximum atomic E-state index is 4.14. The lowest BCUT2D eigenvalue weighted by atomic mass is 10.3. The molecule has 0 saturated heterocycles. The number of nitrogens with zero attached hydrogens (tertiary/aromatic N) is 2. The Bertz CT molecular complexity index is 98.5. The number of aliphatic imine (C=N–C) groups is 2. The Balaban J connectivity index is 2.54. The summed E-state index contributed by atoms with van der Waals surface area (Å²) in [5, 5.41) is 0. The third-order valence-corrected chi connectivity index (χ3v) is 1.07. The highest BCUT2D eigenvalue weighted by atomic mass is 14.9. The molecule has 0 fully saturated rings. The van der Waals surface area contributed by atoms with Crippen LogP contribution in [0.3, 0.4) is 0 Å². The summed E-state index contributed by atoms with van der Waals surface area (Å²) in [6, 6.07) is 0.595. The highest BCUT2D eigenvalue weighted by Gasteiger charge is 2.00. The van der Waals surface area contributed by atoms with Crippen molar-refractivity contribution in [2.24, 2.45) is 9.98 Å². The smallest absolute Gasteiger partial charge is 0.0815 e. The molecule has 2 unspecified atom stereocenters. The van der Waals surface area contributed by atoms with E-state index in [1.807, 2.05) is 26.3 Å². The van der Waals surface area contributed by atoms with Crippen molar-refractivity contribution in [1.29, 1.82) is 0 Å². The van der Waals surface area contributed by atoms with Crippen molar-refractivity contribution in [2.45, 2.75) is 25.9 Å². The predicted molar refractivity (Wildman–Crippen MR) is 35.9 cm³/mol. The van der Waals surface area contributed by atoms with Gasteiger partial charge in [0.15, 0.2) is 0 Å². The number of hydrogen-bond acceptors (Lipinski definition) is 2. The summed E-state index contributed by atoms with van der Waals surface area (Å²) in [4.78, 5) is 8.27. The minimum Gasteiger partial charge on any atom is -0.287 e. The second-order valence-electron chi connectivity index (χ2n) is 2.08. The standard InChI is InChI=1S/C6H10N2/c1-5-3-8-6(2)4-7-5/h3-6H,1-2H3. The molecule has 0 saturated carbocycles. The van der Waals surface area contributed by atoms with Crippen LogP contribution in [0.1, 0.15) is 13.8 Å². The quantitative estimate of drug-likeness (QED) is 0.443. The Hall–Kier alpha value is -0.660. The SMILES string of the molecule is CC1C=NC(C)C=N1. The normalized spacial score (nSPS) is 35.8. The average Bonchev–Trinajstić information content (AvgIpc) is 1.77. The van der Waals surface area contributed by atoms with Crippen LogP contribution in [-0.4, -0.2) is 24.5 Å². The van der Waals surface area contributed by atoms with Gasteiger partial charge in [-0.15, -0.1) is 0 Å². The van der Waals surface area contributed by atoms with Crippen molar-refractivity contribution < 1.29 is 0 Å². The van der Waals surface area contributed by atoms with E-state index in [9.17, 15) is 0 Å². The molecule has 0 bridgehead atoms. The van der Waals surface area contributed by atoms with Crippen molar-refractivity contribution in [3.63, 3.8) is 0 Å². The summed E-state index contributed by atoms with van der Waals surface area (Å²) in [6.45, 7) is 4.04. The molecule has 0 aliphatic carbocycles. The van der Waals surface area contributed by atoms with E-state index in [0.717, 1.165) is 0 Å². The first-order chi connectivity index (χ1) is 3.79. The van der Waals surface area contributed by atoms with Crippen LogP contribution in [0, 0.1) is 0 Å². The van der Waals surface area contributed by atoms with Crippen LogP contribution in [-0.2, 0) is 0 Å². The van der Waals surface area contributed by atoms with Gasteiger partial charge in [0.05, 0.1) is 12.1 Å².